The zero-order valence-corrected chi connectivity index (χ0v) is 12.2. The smallest absolute Gasteiger partial charge is 0.273 e. The van der Waals surface area contributed by atoms with Crippen LogP contribution in [0.15, 0.2) is 35.2 Å². The maximum atomic E-state index is 12.3. The summed E-state index contributed by atoms with van der Waals surface area (Å²) in [4.78, 5) is 18.1. The third-order valence-electron chi connectivity index (χ3n) is 3.25. The van der Waals surface area contributed by atoms with Gasteiger partial charge in [-0.05, 0) is 17.7 Å². The summed E-state index contributed by atoms with van der Waals surface area (Å²) in [7, 11) is 0. The van der Waals surface area contributed by atoms with Gasteiger partial charge in [-0.1, -0.05) is 23.7 Å². The lowest BCUT2D eigenvalue weighted by Gasteiger charge is -2.32. The first kappa shape index (κ1) is 13.5. The Morgan fingerprint density at radius 1 is 1.40 bits per heavy atom. The van der Waals surface area contributed by atoms with Gasteiger partial charge in [-0.3, -0.25) is 4.79 Å². The maximum absolute atomic E-state index is 12.3. The number of benzene rings is 1. The number of morpholine rings is 1. The number of nitrogens with zero attached hydrogens (tertiary/aromatic N) is 2. The fourth-order valence-electron chi connectivity index (χ4n) is 2.19. The van der Waals surface area contributed by atoms with E-state index in [0.717, 1.165) is 5.56 Å². The summed E-state index contributed by atoms with van der Waals surface area (Å²) in [6.07, 6.45) is -0.108. The number of carbonyl (C=O) groups excluding carboxylic acids is 1. The lowest BCUT2D eigenvalue weighted by atomic mass is 10.1. The number of carbonyl (C=O) groups is 1. The van der Waals surface area contributed by atoms with Gasteiger partial charge in [0.25, 0.3) is 5.91 Å². The van der Waals surface area contributed by atoms with Gasteiger partial charge in [-0.15, -0.1) is 11.3 Å². The minimum atomic E-state index is -0.108. The first-order valence-electron chi connectivity index (χ1n) is 6.28. The van der Waals surface area contributed by atoms with Crippen LogP contribution in [-0.4, -0.2) is 35.5 Å². The van der Waals surface area contributed by atoms with Crippen molar-refractivity contribution in [3.8, 4) is 0 Å². The minimum Gasteiger partial charge on any atom is -0.370 e. The van der Waals surface area contributed by atoms with Crippen LogP contribution in [0.5, 0.6) is 0 Å². The maximum Gasteiger partial charge on any atom is 0.273 e. The average Bonchev–Trinajstić information content (AvgIpc) is 3.01. The Kier molecular flexibility index (Phi) is 4.00. The van der Waals surface area contributed by atoms with E-state index < -0.39 is 0 Å². The van der Waals surface area contributed by atoms with Crippen molar-refractivity contribution in [2.75, 3.05) is 19.7 Å². The number of ether oxygens (including phenoxy) is 1. The van der Waals surface area contributed by atoms with Gasteiger partial charge in [-0.2, -0.15) is 0 Å². The monoisotopic (exact) mass is 308 g/mol. The molecule has 4 nitrogen and oxygen atoms in total. The molecule has 1 aliphatic rings. The van der Waals surface area contributed by atoms with Crippen LogP contribution in [0.2, 0.25) is 5.02 Å². The molecule has 104 valence electrons. The molecule has 1 atom stereocenters. The molecular weight excluding hydrogens is 296 g/mol. The van der Waals surface area contributed by atoms with Crippen molar-refractivity contribution in [3.05, 3.63) is 51.4 Å². The van der Waals surface area contributed by atoms with E-state index in [1.165, 1.54) is 11.3 Å². The number of halogens is 1. The van der Waals surface area contributed by atoms with Gasteiger partial charge in [0.2, 0.25) is 0 Å². The predicted molar refractivity (Wildman–Crippen MR) is 78.2 cm³/mol. The number of thiazole rings is 1. The quantitative estimate of drug-likeness (QED) is 0.856. The highest BCUT2D eigenvalue weighted by molar-refractivity contribution is 7.07. The molecule has 0 bridgehead atoms. The predicted octanol–water partition coefficient (Wildman–Crippen LogP) is 3.01. The van der Waals surface area contributed by atoms with Crippen molar-refractivity contribution in [2.24, 2.45) is 0 Å². The molecule has 1 fully saturated rings. The molecule has 2 aromatic rings. The van der Waals surface area contributed by atoms with Gasteiger partial charge >= 0.3 is 0 Å². The lowest BCUT2D eigenvalue weighted by molar-refractivity contribution is -0.0229. The minimum absolute atomic E-state index is 0.0338. The van der Waals surface area contributed by atoms with Crippen molar-refractivity contribution in [2.45, 2.75) is 6.10 Å². The molecule has 3 rings (SSSR count). The summed E-state index contributed by atoms with van der Waals surface area (Å²) in [5, 5.41) is 2.47. The van der Waals surface area contributed by atoms with Crippen LogP contribution >= 0.6 is 22.9 Å². The van der Waals surface area contributed by atoms with E-state index in [9.17, 15) is 4.79 Å². The average molecular weight is 309 g/mol. The zero-order valence-electron chi connectivity index (χ0n) is 10.7. The highest BCUT2D eigenvalue weighted by atomic mass is 35.5. The molecule has 0 aliphatic carbocycles. The first-order valence-corrected chi connectivity index (χ1v) is 7.60. The molecule has 1 amide bonds. The number of rotatable bonds is 2. The molecule has 0 N–H and O–H groups in total. The number of aromatic nitrogens is 1. The number of amides is 1. The Bertz CT molecular complexity index is 586. The molecule has 0 radical (unpaired) electrons. The van der Waals surface area contributed by atoms with Gasteiger partial charge in [0, 0.05) is 16.9 Å². The molecular formula is C14H13ClN2O2S. The van der Waals surface area contributed by atoms with Crippen LogP contribution < -0.4 is 0 Å². The Morgan fingerprint density at radius 2 is 2.20 bits per heavy atom. The Morgan fingerprint density at radius 3 is 2.90 bits per heavy atom. The molecule has 1 unspecified atom stereocenters. The second kappa shape index (κ2) is 5.91. The van der Waals surface area contributed by atoms with Gasteiger partial charge in [0.1, 0.15) is 11.8 Å². The fraction of sp³-hybridized carbons (Fsp3) is 0.286. The molecule has 6 heteroatoms. The van der Waals surface area contributed by atoms with E-state index in [0.29, 0.717) is 30.4 Å². The molecule has 0 spiro atoms. The molecule has 0 saturated carbocycles. The van der Waals surface area contributed by atoms with Crippen LogP contribution in [0.3, 0.4) is 0 Å². The molecule has 1 aromatic heterocycles. The van der Waals surface area contributed by atoms with Crippen molar-refractivity contribution in [3.63, 3.8) is 0 Å². The van der Waals surface area contributed by atoms with E-state index in [-0.39, 0.29) is 12.0 Å². The fourth-order valence-corrected chi connectivity index (χ4v) is 2.84. The molecule has 1 aliphatic heterocycles. The van der Waals surface area contributed by atoms with Gasteiger partial charge in [0.15, 0.2) is 0 Å². The normalized spacial score (nSPS) is 19.1. The summed E-state index contributed by atoms with van der Waals surface area (Å²) in [6.45, 7) is 1.67. The van der Waals surface area contributed by atoms with E-state index in [4.69, 9.17) is 16.3 Å². The van der Waals surface area contributed by atoms with Crippen LogP contribution in [-0.2, 0) is 4.74 Å². The lowest BCUT2D eigenvalue weighted by Crippen LogP contribution is -2.42. The van der Waals surface area contributed by atoms with Crippen LogP contribution in [0.1, 0.15) is 22.2 Å². The van der Waals surface area contributed by atoms with Gasteiger partial charge in [0.05, 0.1) is 18.7 Å². The summed E-state index contributed by atoms with van der Waals surface area (Å²) in [5.41, 5.74) is 3.21. The van der Waals surface area contributed by atoms with Crippen molar-refractivity contribution < 1.29 is 9.53 Å². The Labute approximate surface area is 126 Å². The van der Waals surface area contributed by atoms with Crippen LogP contribution in [0.4, 0.5) is 0 Å². The van der Waals surface area contributed by atoms with Gasteiger partial charge < -0.3 is 9.64 Å². The van der Waals surface area contributed by atoms with E-state index in [1.807, 2.05) is 24.3 Å². The van der Waals surface area contributed by atoms with Gasteiger partial charge in [-0.25, -0.2) is 4.98 Å². The number of hydrogen-bond donors (Lipinski definition) is 0. The molecule has 1 saturated heterocycles. The Hall–Kier alpha value is -1.43. The third kappa shape index (κ3) is 2.85. The zero-order chi connectivity index (χ0) is 13.9. The molecule has 20 heavy (non-hydrogen) atoms. The van der Waals surface area contributed by atoms with Crippen molar-refractivity contribution in [1.29, 1.82) is 0 Å². The standard InChI is InChI=1S/C14H13ClN2O2S/c15-11-3-1-10(2-4-11)13-7-17(5-6-19-13)14(18)12-8-20-9-16-12/h1-4,8-9,13H,5-7H2. The second-order valence-corrected chi connectivity index (χ2v) is 5.69. The number of hydrogen-bond acceptors (Lipinski definition) is 4. The van der Waals surface area contributed by atoms with Crippen LogP contribution in [0.25, 0.3) is 0 Å². The first-order chi connectivity index (χ1) is 9.74. The highest BCUT2D eigenvalue weighted by Gasteiger charge is 2.26. The van der Waals surface area contributed by atoms with Crippen molar-refractivity contribution in [1.82, 2.24) is 9.88 Å². The Balaban J connectivity index is 1.73. The highest BCUT2D eigenvalue weighted by Crippen LogP contribution is 2.24. The molecule has 2 heterocycles. The summed E-state index contributed by atoms with van der Waals surface area (Å²) >= 11 is 7.31. The topological polar surface area (TPSA) is 42.4 Å². The summed E-state index contributed by atoms with van der Waals surface area (Å²) in [5.74, 6) is -0.0338. The van der Waals surface area contributed by atoms with E-state index in [2.05, 4.69) is 4.98 Å². The SMILES string of the molecule is O=C(c1cscn1)N1CCOC(c2ccc(Cl)cc2)C1. The summed E-state index contributed by atoms with van der Waals surface area (Å²) < 4.78 is 5.75. The largest absolute Gasteiger partial charge is 0.370 e. The van der Waals surface area contributed by atoms with E-state index >= 15 is 0 Å². The van der Waals surface area contributed by atoms with Crippen LogP contribution in [0, 0.1) is 0 Å². The summed E-state index contributed by atoms with van der Waals surface area (Å²) in [6, 6.07) is 7.54. The second-order valence-electron chi connectivity index (χ2n) is 4.54. The third-order valence-corrected chi connectivity index (χ3v) is 4.09. The molecule has 1 aromatic carbocycles. The van der Waals surface area contributed by atoms with Crippen molar-refractivity contribution >= 4 is 28.8 Å². The van der Waals surface area contributed by atoms with E-state index in [1.54, 1.807) is 15.8 Å².